The third kappa shape index (κ3) is 3.85. The summed E-state index contributed by atoms with van der Waals surface area (Å²) in [6.45, 7) is 6.53. The summed E-state index contributed by atoms with van der Waals surface area (Å²) in [5.41, 5.74) is 2.50. The van der Waals surface area contributed by atoms with Gasteiger partial charge in [-0.1, -0.05) is 30.9 Å². The lowest BCUT2D eigenvalue weighted by Gasteiger charge is -2.09. The third-order valence-electron chi connectivity index (χ3n) is 2.90. The number of ether oxygens (including phenoxy) is 1. The maximum absolute atomic E-state index is 13.7. The van der Waals surface area contributed by atoms with E-state index in [0.29, 0.717) is 18.8 Å². The van der Waals surface area contributed by atoms with Crippen molar-refractivity contribution in [1.82, 2.24) is 0 Å². The fourth-order valence-corrected chi connectivity index (χ4v) is 1.82. The van der Waals surface area contributed by atoms with Gasteiger partial charge in [-0.15, -0.1) is 0 Å². The fraction of sp³-hybridized carbons (Fsp3) is 0.176. The maximum Gasteiger partial charge on any atom is 0.146 e. The van der Waals surface area contributed by atoms with Crippen molar-refractivity contribution < 1.29 is 9.13 Å². The number of anilines is 1. The van der Waals surface area contributed by atoms with Crippen LogP contribution in [-0.2, 0) is 6.54 Å². The zero-order valence-corrected chi connectivity index (χ0v) is 11.5. The van der Waals surface area contributed by atoms with Gasteiger partial charge in [0.25, 0.3) is 0 Å². The minimum Gasteiger partial charge on any atom is -0.490 e. The SMILES string of the molecule is C=CCOc1ccc(CNc2ccc(C)cc2F)cc1. The van der Waals surface area contributed by atoms with Gasteiger partial charge in [0.05, 0.1) is 5.69 Å². The molecule has 0 amide bonds. The molecule has 20 heavy (non-hydrogen) atoms. The zero-order valence-electron chi connectivity index (χ0n) is 11.5. The molecule has 0 bridgehead atoms. The van der Waals surface area contributed by atoms with Gasteiger partial charge in [0.2, 0.25) is 0 Å². The van der Waals surface area contributed by atoms with E-state index in [9.17, 15) is 4.39 Å². The molecule has 0 aliphatic heterocycles. The van der Waals surface area contributed by atoms with Gasteiger partial charge in [-0.05, 0) is 42.3 Å². The molecule has 3 heteroatoms. The van der Waals surface area contributed by atoms with Crippen LogP contribution in [0.3, 0.4) is 0 Å². The summed E-state index contributed by atoms with van der Waals surface area (Å²) in [6.07, 6.45) is 1.70. The summed E-state index contributed by atoms with van der Waals surface area (Å²) in [5, 5.41) is 3.09. The third-order valence-corrected chi connectivity index (χ3v) is 2.90. The van der Waals surface area contributed by atoms with E-state index < -0.39 is 0 Å². The van der Waals surface area contributed by atoms with Gasteiger partial charge in [0.15, 0.2) is 0 Å². The molecule has 2 aromatic carbocycles. The van der Waals surface area contributed by atoms with Crippen LogP contribution in [0.5, 0.6) is 5.75 Å². The molecule has 2 nitrogen and oxygen atoms in total. The Kier molecular flexibility index (Phi) is 4.77. The highest BCUT2D eigenvalue weighted by Crippen LogP contribution is 2.17. The molecule has 0 radical (unpaired) electrons. The lowest BCUT2D eigenvalue weighted by atomic mass is 10.2. The van der Waals surface area contributed by atoms with Gasteiger partial charge in [-0.2, -0.15) is 0 Å². The van der Waals surface area contributed by atoms with E-state index >= 15 is 0 Å². The standard InChI is InChI=1S/C17H18FNO/c1-3-10-20-15-7-5-14(6-8-15)12-19-17-9-4-13(2)11-16(17)18/h3-9,11,19H,1,10,12H2,2H3. The predicted octanol–water partition coefficient (Wildman–Crippen LogP) is 4.31. The molecule has 0 aliphatic rings. The summed E-state index contributed by atoms with van der Waals surface area (Å²) in [4.78, 5) is 0. The Morgan fingerprint density at radius 3 is 2.60 bits per heavy atom. The molecule has 2 rings (SSSR count). The largest absolute Gasteiger partial charge is 0.490 e. The molecule has 0 aliphatic carbocycles. The summed E-state index contributed by atoms with van der Waals surface area (Å²) in [6, 6.07) is 12.9. The molecular formula is C17H18FNO. The molecule has 0 saturated heterocycles. The molecule has 0 fully saturated rings. The number of hydrogen-bond donors (Lipinski definition) is 1. The van der Waals surface area contributed by atoms with Crippen molar-refractivity contribution in [2.45, 2.75) is 13.5 Å². The van der Waals surface area contributed by atoms with Crippen LogP contribution < -0.4 is 10.1 Å². The van der Waals surface area contributed by atoms with Gasteiger partial charge in [-0.3, -0.25) is 0 Å². The first kappa shape index (κ1) is 14.1. The zero-order chi connectivity index (χ0) is 14.4. The topological polar surface area (TPSA) is 21.3 Å². The van der Waals surface area contributed by atoms with E-state index in [2.05, 4.69) is 11.9 Å². The molecule has 104 valence electrons. The second kappa shape index (κ2) is 6.75. The van der Waals surface area contributed by atoms with E-state index in [0.717, 1.165) is 16.9 Å². The minimum absolute atomic E-state index is 0.226. The molecule has 0 saturated carbocycles. The summed E-state index contributed by atoms with van der Waals surface area (Å²) >= 11 is 0. The first-order valence-electron chi connectivity index (χ1n) is 6.51. The fourth-order valence-electron chi connectivity index (χ4n) is 1.82. The first-order chi connectivity index (χ1) is 9.69. The Morgan fingerprint density at radius 2 is 1.95 bits per heavy atom. The Morgan fingerprint density at radius 1 is 1.20 bits per heavy atom. The quantitative estimate of drug-likeness (QED) is 0.790. The summed E-state index contributed by atoms with van der Waals surface area (Å²) < 4.78 is 19.1. The Bertz CT molecular complexity index is 578. The van der Waals surface area contributed by atoms with Crippen LogP contribution in [0.15, 0.2) is 55.1 Å². The van der Waals surface area contributed by atoms with Crippen LogP contribution in [0.1, 0.15) is 11.1 Å². The van der Waals surface area contributed by atoms with Crippen LogP contribution in [0.2, 0.25) is 0 Å². The molecule has 0 atom stereocenters. The van der Waals surface area contributed by atoms with Crippen molar-refractivity contribution in [1.29, 1.82) is 0 Å². The van der Waals surface area contributed by atoms with E-state index in [1.807, 2.05) is 37.3 Å². The predicted molar refractivity (Wildman–Crippen MR) is 80.6 cm³/mol. The number of hydrogen-bond acceptors (Lipinski definition) is 2. The molecular weight excluding hydrogens is 253 g/mol. The van der Waals surface area contributed by atoms with Crippen LogP contribution in [0.25, 0.3) is 0 Å². The Labute approximate surface area is 118 Å². The molecule has 2 aromatic rings. The van der Waals surface area contributed by atoms with Crippen LogP contribution in [-0.4, -0.2) is 6.61 Å². The van der Waals surface area contributed by atoms with Gasteiger partial charge < -0.3 is 10.1 Å². The summed E-state index contributed by atoms with van der Waals surface area (Å²) in [5.74, 6) is 0.575. The highest BCUT2D eigenvalue weighted by molar-refractivity contribution is 5.46. The number of aryl methyl sites for hydroxylation is 1. The maximum atomic E-state index is 13.7. The van der Waals surface area contributed by atoms with Crippen LogP contribution in [0, 0.1) is 12.7 Å². The molecule has 0 heterocycles. The number of rotatable bonds is 6. The highest BCUT2D eigenvalue weighted by Gasteiger charge is 2.02. The van der Waals surface area contributed by atoms with E-state index in [1.165, 1.54) is 6.07 Å². The van der Waals surface area contributed by atoms with Crippen molar-refractivity contribution in [3.05, 3.63) is 72.1 Å². The van der Waals surface area contributed by atoms with E-state index in [-0.39, 0.29) is 5.82 Å². The first-order valence-corrected chi connectivity index (χ1v) is 6.51. The monoisotopic (exact) mass is 271 g/mol. The van der Waals surface area contributed by atoms with E-state index in [4.69, 9.17) is 4.74 Å². The Hall–Kier alpha value is -2.29. The van der Waals surface area contributed by atoms with Gasteiger partial charge in [0.1, 0.15) is 18.2 Å². The number of nitrogens with one attached hydrogen (secondary N) is 1. The Balaban J connectivity index is 1.95. The van der Waals surface area contributed by atoms with Crippen LogP contribution >= 0.6 is 0 Å². The number of halogens is 1. The minimum atomic E-state index is -0.226. The lowest BCUT2D eigenvalue weighted by Crippen LogP contribution is -2.01. The highest BCUT2D eigenvalue weighted by atomic mass is 19.1. The van der Waals surface area contributed by atoms with Gasteiger partial charge in [0, 0.05) is 6.54 Å². The molecule has 1 N–H and O–H groups in total. The van der Waals surface area contributed by atoms with Crippen molar-refractivity contribution in [2.24, 2.45) is 0 Å². The van der Waals surface area contributed by atoms with Crippen molar-refractivity contribution in [3.63, 3.8) is 0 Å². The normalized spacial score (nSPS) is 10.1. The molecule has 0 aromatic heterocycles. The van der Waals surface area contributed by atoms with Crippen molar-refractivity contribution >= 4 is 5.69 Å². The van der Waals surface area contributed by atoms with Gasteiger partial charge in [-0.25, -0.2) is 4.39 Å². The molecule has 0 unspecified atom stereocenters. The average Bonchev–Trinajstić information content (AvgIpc) is 2.45. The molecule has 0 spiro atoms. The van der Waals surface area contributed by atoms with Crippen molar-refractivity contribution in [3.8, 4) is 5.75 Å². The van der Waals surface area contributed by atoms with E-state index in [1.54, 1.807) is 12.1 Å². The lowest BCUT2D eigenvalue weighted by molar-refractivity contribution is 0.363. The smallest absolute Gasteiger partial charge is 0.146 e. The van der Waals surface area contributed by atoms with Gasteiger partial charge >= 0.3 is 0 Å². The second-order valence-electron chi connectivity index (χ2n) is 4.58. The average molecular weight is 271 g/mol. The summed E-state index contributed by atoms with van der Waals surface area (Å²) in [7, 11) is 0. The van der Waals surface area contributed by atoms with Crippen LogP contribution in [0.4, 0.5) is 10.1 Å². The number of benzene rings is 2. The second-order valence-corrected chi connectivity index (χ2v) is 4.58. The van der Waals surface area contributed by atoms with Crippen molar-refractivity contribution in [2.75, 3.05) is 11.9 Å².